The summed E-state index contributed by atoms with van der Waals surface area (Å²) < 4.78 is 5.96. The monoisotopic (exact) mass is 398 g/mol. The summed E-state index contributed by atoms with van der Waals surface area (Å²) in [5, 5.41) is 5.90. The zero-order chi connectivity index (χ0) is 21.1. The molecule has 0 fully saturated rings. The van der Waals surface area contributed by atoms with Gasteiger partial charge in [-0.2, -0.15) is 0 Å². The highest BCUT2D eigenvalue weighted by molar-refractivity contribution is 6.00. The van der Waals surface area contributed by atoms with E-state index >= 15 is 0 Å². The van der Waals surface area contributed by atoms with Crippen LogP contribution in [-0.2, 0) is 0 Å². The number of para-hydroxylation sites is 1. The number of anilines is 2. The van der Waals surface area contributed by atoms with Gasteiger partial charge in [0.2, 0.25) is 0 Å². The minimum Gasteiger partial charge on any atom is -0.456 e. The average Bonchev–Trinajstić information content (AvgIpc) is 2.75. The summed E-state index contributed by atoms with van der Waals surface area (Å²) in [6, 6.07) is 23.3. The van der Waals surface area contributed by atoms with Crippen molar-refractivity contribution < 1.29 is 9.21 Å². The molecule has 0 aliphatic carbocycles. The molecule has 2 N–H and O–H groups in total. The average molecular weight is 398 g/mol. The van der Waals surface area contributed by atoms with E-state index in [-0.39, 0.29) is 11.5 Å². The molecule has 5 nitrogen and oxygen atoms in total. The molecule has 0 saturated carbocycles. The second kappa shape index (κ2) is 8.25. The highest BCUT2D eigenvalue weighted by Gasteiger charge is 2.10. The summed E-state index contributed by atoms with van der Waals surface area (Å²) in [4.78, 5) is 24.9. The minimum atomic E-state index is -0.383. The van der Waals surface area contributed by atoms with Crippen LogP contribution >= 0.6 is 0 Å². The summed E-state index contributed by atoms with van der Waals surface area (Å²) in [7, 11) is 0. The van der Waals surface area contributed by atoms with Gasteiger partial charge in [-0.3, -0.25) is 4.79 Å². The van der Waals surface area contributed by atoms with Crippen molar-refractivity contribution in [2.75, 3.05) is 10.6 Å². The Bertz CT molecular complexity index is 1240. The lowest BCUT2D eigenvalue weighted by molar-refractivity contribution is 0.262. The first kappa shape index (κ1) is 19.5. The molecule has 0 unspecified atom stereocenters. The number of carbonyl (C=O) groups excluding carboxylic acids is 1. The molecule has 3 aromatic carbocycles. The van der Waals surface area contributed by atoms with E-state index in [4.69, 9.17) is 4.42 Å². The Morgan fingerprint density at radius 2 is 1.53 bits per heavy atom. The number of rotatable bonds is 4. The molecule has 0 spiro atoms. The van der Waals surface area contributed by atoms with Crippen molar-refractivity contribution in [2.45, 2.75) is 19.8 Å². The van der Waals surface area contributed by atoms with Crippen LogP contribution in [0.5, 0.6) is 0 Å². The quantitative estimate of drug-likeness (QED) is 0.428. The second-order valence-electron chi connectivity index (χ2n) is 7.41. The van der Waals surface area contributed by atoms with Crippen molar-refractivity contribution in [3.63, 3.8) is 0 Å². The van der Waals surface area contributed by atoms with Gasteiger partial charge in [-0.15, -0.1) is 0 Å². The van der Waals surface area contributed by atoms with Gasteiger partial charge in [0.15, 0.2) is 5.43 Å². The van der Waals surface area contributed by atoms with Gasteiger partial charge in [0, 0.05) is 23.0 Å². The molecule has 0 bridgehead atoms. The molecular weight excluding hydrogens is 376 g/mol. The zero-order valence-electron chi connectivity index (χ0n) is 16.8. The Morgan fingerprint density at radius 3 is 2.23 bits per heavy atom. The topological polar surface area (TPSA) is 71.3 Å². The lowest BCUT2D eigenvalue weighted by Crippen LogP contribution is -2.19. The molecule has 0 saturated heterocycles. The SMILES string of the molecule is CC(C)c1ccc(-c2cc(=O)c3cc(NC(=O)Nc4ccccc4)ccc3o2)cc1. The van der Waals surface area contributed by atoms with Crippen LogP contribution in [0.4, 0.5) is 16.2 Å². The highest BCUT2D eigenvalue weighted by atomic mass is 16.3. The zero-order valence-corrected chi connectivity index (χ0v) is 16.8. The Hall–Kier alpha value is -3.86. The summed E-state index contributed by atoms with van der Waals surface area (Å²) >= 11 is 0. The summed E-state index contributed by atoms with van der Waals surface area (Å²) in [5.74, 6) is 0.956. The Kier molecular flexibility index (Phi) is 5.35. The van der Waals surface area contributed by atoms with Crippen molar-refractivity contribution >= 4 is 28.4 Å². The first-order chi connectivity index (χ1) is 14.5. The summed E-state index contributed by atoms with van der Waals surface area (Å²) in [6.07, 6.45) is 0. The van der Waals surface area contributed by atoms with Crippen LogP contribution in [0.25, 0.3) is 22.3 Å². The van der Waals surface area contributed by atoms with Gasteiger partial charge in [0.25, 0.3) is 0 Å². The van der Waals surface area contributed by atoms with Crippen molar-refractivity contribution in [3.05, 3.63) is 94.6 Å². The van der Waals surface area contributed by atoms with Crippen LogP contribution in [0.3, 0.4) is 0 Å². The molecule has 0 aliphatic heterocycles. The van der Waals surface area contributed by atoms with Crippen LogP contribution < -0.4 is 16.1 Å². The molecular formula is C25H22N2O3. The number of urea groups is 1. The van der Waals surface area contributed by atoms with E-state index in [0.717, 1.165) is 5.56 Å². The molecule has 30 heavy (non-hydrogen) atoms. The van der Waals surface area contributed by atoms with Gasteiger partial charge >= 0.3 is 6.03 Å². The maximum atomic E-state index is 12.7. The van der Waals surface area contributed by atoms with Gasteiger partial charge in [0.1, 0.15) is 11.3 Å². The predicted molar refractivity (Wildman–Crippen MR) is 121 cm³/mol. The Morgan fingerprint density at radius 1 is 0.833 bits per heavy atom. The molecule has 0 aliphatic rings. The number of fused-ring (bicyclic) bond motifs is 1. The normalized spacial score (nSPS) is 10.9. The lowest BCUT2D eigenvalue weighted by Gasteiger charge is -2.09. The van der Waals surface area contributed by atoms with Gasteiger partial charge in [-0.25, -0.2) is 4.79 Å². The van der Waals surface area contributed by atoms with Crippen LogP contribution in [0.15, 0.2) is 88.1 Å². The minimum absolute atomic E-state index is 0.161. The number of benzene rings is 3. The van der Waals surface area contributed by atoms with Crippen molar-refractivity contribution in [1.29, 1.82) is 0 Å². The second-order valence-corrected chi connectivity index (χ2v) is 7.41. The highest BCUT2D eigenvalue weighted by Crippen LogP contribution is 2.25. The number of hydrogen-bond acceptors (Lipinski definition) is 3. The number of hydrogen-bond donors (Lipinski definition) is 2. The largest absolute Gasteiger partial charge is 0.456 e. The van der Waals surface area contributed by atoms with Crippen LogP contribution in [0.1, 0.15) is 25.3 Å². The van der Waals surface area contributed by atoms with E-state index in [1.54, 1.807) is 30.3 Å². The van der Waals surface area contributed by atoms with Crippen molar-refractivity contribution in [3.8, 4) is 11.3 Å². The van der Waals surface area contributed by atoms with Gasteiger partial charge < -0.3 is 15.1 Å². The van der Waals surface area contributed by atoms with Crippen LogP contribution in [0.2, 0.25) is 0 Å². The van der Waals surface area contributed by atoms with E-state index in [0.29, 0.717) is 34.0 Å². The van der Waals surface area contributed by atoms with Crippen LogP contribution in [-0.4, -0.2) is 6.03 Å². The number of carbonyl (C=O) groups is 1. The van der Waals surface area contributed by atoms with E-state index < -0.39 is 0 Å². The summed E-state index contributed by atoms with van der Waals surface area (Å²) in [5.41, 5.74) is 3.58. The smallest absolute Gasteiger partial charge is 0.323 e. The third kappa shape index (κ3) is 4.25. The third-order valence-electron chi connectivity index (χ3n) is 4.88. The Balaban J connectivity index is 1.58. The molecule has 1 aromatic heterocycles. The molecule has 0 radical (unpaired) electrons. The maximum absolute atomic E-state index is 12.7. The summed E-state index contributed by atoms with van der Waals surface area (Å²) in [6.45, 7) is 4.27. The van der Waals surface area contributed by atoms with E-state index in [9.17, 15) is 9.59 Å². The lowest BCUT2D eigenvalue weighted by atomic mass is 10.0. The maximum Gasteiger partial charge on any atom is 0.323 e. The fourth-order valence-electron chi connectivity index (χ4n) is 3.22. The fourth-order valence-corrected chi connectivity index (χ4v) is 3.22. The van der Waals surface area contributed by atoms with Gasteiger partial charge in [-0.05, 0) is 41.8 Å². The Labute approximate surface area is 174 Å². The molecule has 150 valence electrons. The molecule has 4 aromatic rings. The molecule has 4 rings (SSSR count). The fraction of sp³-hybridized carbons (Fsp3) is 0.120. The van der Waals surface area contributed by atoms with Crippen LogP contribution in [0, 0.1) is 0 Å². The number of nitrogens with one attached hydrogen (secondary N) is 2. The predicted octanol–water partition coefficient (Wildman–Crippen LogP) is 6.23. The molecule has 2 amide bonds. The molecule has 1 heterocycles. The molecule has 5 heteroatoms. The van der Waals surface area contributed by atoms with Crippen molar-refractivity contribution in [1.82, 2.24) is 0 Å². The van der Waals surface area contributed by atoms with E-state index in [1.165, 1.54) is 11.6 Å². The molecule has 0 atom stereocenters. The van der Waals surface area contributed by atoms with Gasteiger partial charge in [0.05, 0.1) is 5.39 Å². The first-order valence-corrected chi connectivity index (χ1v) is 9.81. The van der Waals surface area contributed by atoms with E-state index in [2.05, 4.69) is 24.5 Å². The standard InChI is InChI=1S/C25H22N2O3/c1-16(2)17-8-10-18(11-9-17)24-15-22(28)21-14-20(12-13-23(21)30-24)27-25(29)26-19-6-4-3-5-7-19/h3-16H,1-2H3,(H2,26,27,29). The van der Waals surface area contributed by atoms with Gasteiger partial charge in [-0.1, -0.05) is 56.3 Å². The van der Waals surface area contributed by atoms with E-state index in [1.807, 2.05) is 42.5 Å². The third-order valence-corrected chi connectivity index (χ3v) is 4.88. The van der Waals surface area contributed by atoms with Crippen molar-refractivity contribution in [2.24, 2.45) is 0 Å². The number of amides is 2. The first-order valence-electron chi connectivity index (χ1n) is 9.81.